The molecule has 0 bridgehead atoms. The largest absolute Gasteiger partial charge is 0.491 e. The van der Waals surface area contributed by atoms with Gasteiger partial charge in [-0.2, -0.15) is 0 Å². The van der Waals surface area contributed by atoms with Crippen LogP contribution in [0.25, 0.3) is 0 Å². The summed E-state index contributed by atoms with van der Waals surface area (Å²) in [4.78, 5) is 11.3. The maximum Gasteiger partial charge on any atom is 0.310 e. The first-order valence-electron chi connectivity index (χ1n) is 6.93. The van der Waals surface area contributed by atoms with Gasteiger partial charge in [-0.15, -0.1) is 0 Å². The third-order valence-corrected chi connectivity index (χ3v) is 3.29. The number of carboxylic acid groups (broad SMARTS) is 1. The van der Waals surface area contributed by atoms with E-state index in [1.165, 1.54) is 6.07 Å². The highest BCUT2D eigenvalue weighted by Crippen LogP contribution is 2.22. The van der Waals surface area contributed by atoms with E-state index in [1.807, 2.05) is 6.07 Å². The topological polar surface area (TPSA) is 46.5 Å². The quantitative estimate of drug-likeness (QED) is 0.787. The van der Waals surface area contributed by atoms with Crippen LogP contribution in [-0.4, -0.2) is 17.7 Å². The summed E-state index contributed by atoms with van der Waals surface area (Å²) in [5, 5.41) is 9.28. The Morgan fingerprint density at radius 3 is 2.50 bits per heavy atom. The van der Waals surface area contributed by atoms with Crippen molar-refractivity contribution in [2.24, 2.45) is 0 Å². The second-order valence-corrected chi connectivity index (χ2v) is 4.87. The number of carboxylic acids is 1. The van der Waals surface area contributed by atoms with Gasteiger partial charge >= 0.3 is 5.97 Å². The van der Waals surface area contributed by atoms with E-state index in [9.17, 15) is 18.7 Å². The van der Waals surface area contributed by atoms with Gasteiger partial charge in [0.2, 0.25) is 0 Å². The van der Waals surface area contributed by atoms with Crippen molar-refractivity contribution in [1.29, 1.82) is 0 Å². The predicted octanol–water partition coefficient (Wildman–Crippen LogP) is 3.99. The summed E-state index contributed by atoms with van der Waals surface area (Å²) in [5.74, 6) is -2.99. The Bertz CT molecular complexity index is 629. The Labute approximate surface area is 127 Å². The number of hydrogen-bond donors (Lipinski definition) is 1. The average Bonchev–Trinajstić information content (AvgIpc) is 2.49. The summed E-state index contributed by atoms with van der Waals surface area (Å²) >= 11 is 0. The highest BCUT2D eigenvalue weighted by Gasteiger charge is 2.19. The molecule has 0 aromatic heterocycles. The maximum absolute atomic E-state index is 13.4. The molecular formula is C17H16F2O3. The van der Waals surface area contributed by atoms with Gasteiger partial charge in [-0.3, -0.25) is 4.79 Å². The van der Waals surface area contributed by atoms with Crippen LogP contribution < -0.4 is 4.74 Å². The second-order valence-electron chi connectivity index (χ2n) is 4.87. The Morgan fingerprint density at radius 1 is 1.14 bits per heavy atom. The number of benzene rings is 2. The van der Waals surface area contributed by atoms with Gasteiger partial charge in [-0.1, -0.05) is 30.3 Å². The Kier molecular flexibility index (Phi) is 5.47. The lowest BCUT2D eigenvalue weighted by molar-refractivity contribution is -0.139. The number of ether oxygens (including phenoxy) is 1. The molecule has 22 heavy (non-hydrogen) atoms. The van der Waals surface area contributed by atoms with Crippen LogP contribution >= 0.6 is 0 Å². The molecule has 0 aliphatic rings. The molecule has 3 nitrogen and oxygen atoms in total. The minimum Gasteiger partial charge on any atom is -0.491 e. The van der Waals surface area contributed by atoms with E-state index in [2.05, 4.69) is 0 Å². The van der Waals surface area contributed by atoms with Crippen molar-refractivity contribution in [1.82, 2.24) is 0 Å². The Balaban J connectivity index is 1.87. The fourth-order valence-corrected chi connectivity index (χ4v) is 2.18. The summed E-state index contributed by atoms with van der Waals surface area (Å²) in [6.07, 6.45) is 0.824. The molecule has 0 radical (unpaired) electrons. The third-order valence-electron chi connectivity index (χ3n) is 3.29. The van der Waals surface area contributed by atoms with Crippen LogP contribution in [-0.2, 0) is 4.79 Å². The molecule has 0 aliphatic heterocycles. The minimum atomic E-state index is -0.904. The number of rotatable bonds is 7. The lowest BCUT2D eigenvalue weighted by Gasteiger charge is -2.13. The summed E-state index contributed by atoms with van der Waals surface area (Å²) < 4.78 is 31.4. The van der Waals surface area contributed by atoms with Gasteiger partial charge in [0.1, 0.15) is 5.82 Å². The van der Waals surface area contributed by atoms with Crippen molar-refractivity contribution in [2.45, 2.75) is 18.8 Å². The van der Waals surface area contributed by atoms with Gasteiger partial charge in [-0.25, -0.2) is 8.78 Å². The standard InChI is InChI=1S/C17H16F2O3/c18-13-8-9-16(15(19)11-13)22-10-4-7-14(17(20)21)12-5-2-1-3-6-12/h1-3,5-6,8-9,11,14H,4,7,10H2,(H,20,21). The summed E-state index contributed by atoms with van der Waals surface area (Å²) in [7, 11) is 0. The van der Waals surface area contributed by atoms with Crippen molar-refractivity contribution < 1.29 is 23.4 Å². The molecule has 2 rings (SSSR count). The Hall–Kier alpha value is -2.43. The van der Waals surface area contributed by atoms with Crippen LogP contribution in [0.15, 0.2) is 48.5 Å². The van der Waals surface area contributed by atoms with Gasteiger partial charge in [0.25, 0.3) is 0 Å². The molecule has 1 atom stereocenters. The van der Waals surface area contributed by atoms with Gasteiger partial charge in [0, 0.05) is 6.07 Å². The van der Waals surface area contributed by atoms with Gasteiger partial charge in [0.15, 0.2) is 11.6 Å². The lowest BCUT2D eigenvalue weighted by atomic mass is 9.95. The van der Waals surface area contributed by atoms with Crippen LogP contribution in [0.4, 0.5) is 8.78 Å². The summed E-state index contributed by atoms with van der Waals surface area (Å²) in [6, 6.07) is 12.0. The minimum absolute atomic E-state index is 0.0343. The SMILES string of the molecule is O=C(O)C(CCCOc1ccc(F)cc1F)c1ccccc1. The normalized spacial score (nSPS) is 11.9. The molecule has 0 heterocycles. The number of carbonyl (C=O) groups is 1. The van der Waals surface area contributed by atoms with E-state index in [4.69, 9.17) is 4.74 Å². The molecule has 2 aromatic carbocycles. The van der Waals surface area contributed by atoms with Crippen LogP contribution in [0.2, 0.25) is 0 Å². The van der Waals surface area contributed by atoms with E-state index in [0.717, 1.165) is 17.7 Å². The molecule has 1 N–H and O–H groups in total. The molecule has 5 heteroatoms. The molecule has 0 saturated heterocycles. The van der Waals surface area contributed by atoms with Crippen LogP contribution in [0.5, 0.6) is 5.75 Å². The molecule has 0 spiro atoms. The molecule has 1 unspecified atom stereocenters. The van der Waals surface area contributed by atoms with Crippen LogP contribution in [0.1, 0.15) is 24.3 Å². The number of hydrogen-bond acceptors (Lipinski definition) is 2. The zero-order chi connectivity index (χ0) is 15.9. The second kappa shape index (κ2) is 7.54. The van der Waals surface area contributed by atoms with Gasteiger partial charge in [-0.05, 0) is 30.5 Å². The van der Waals surface area contributed by atoms with E-state index in [-0.39, 0.29) is 12.4 Å². The van der Waals surface area contributed by atoms with Crippen LogP contribution in [0.3, 0.4) is 0 Å². The highest BCUT2D eigenvalue weighted by molar-refractivity contribution is 5.75. The van der Waals surface area contributed by atoms with E-state index in [0.29, 0.717) is 12.8 Å². The number of halogens is 2. The molecule has 0 aliphatic carbocycles. The van der Waals surface area contributed by atoms with E-state index in [1.54, 1.807) is 24.3 Å². The first-order valence-corrected chi connectivity index (χ1v) is 6.93. The molecule has 116 valence electrons. The smallest absolute Gasteiger partial charge is 0.310 e. The summed E-state index contributed by atoms with van der Waals surface area (Å²) in [5.41, 5.74) is 0.725. The van der Waals surface area contributed by atoms with E-state index >= 15 is 0 Å². The van der Waals surface area contributed by atoms with Crippen molar-refractivity contribution in [3.05, 3.63) is 65.7 Å². The monoisotopic (exact) mass is 306 g/mol. The fourth-order valence-electron chi connectivity index (χ4n) is 2.18. The van der Waals surface area contributed by atoms with Gasteiger partial charge < -0.3 is 9.84 Å². The Morgan fingerprint density at radius 2 is 1.86 bits per heavy atom. The molecule has 0 saturated carbocycles. The predicted molar refractivity (Wildman–Crippen MR) is 77.9 cm³/mol. The zero-order valence-corrected chi connectivity index (χ0v) is 11.8. The average molecular weight is 306 g/mol. The molecule has 0 fully saturated rings. The maximum atomic E-state index is 13.4. The van der Waals surface area contributed by atoms with Crippen molar-refractivity contribution in [3.63, 3.8) is 0 Å². The number of aliphatic carboxylic acids is 1. The summed E-state index contributed by atoms with van der Waals surface area (Å²) in [6.45, 7) is 0.166. The van der Waals surface area contributed by atoms with Crippen molar-refractivity contribution in [2.75, 3.05) is 6.61 Å². The highest BCUT2D eigenvalue weighted by atomic mass is 19.1. The zero-order valence-electron chi connectivity index (χ0n) is 11.8. The molecule has 2 aromatic rings. The fraction of sp³-hybridized carbons (Fsp3) is 0.235. The van der Waals surface area contributed by atoms with Crippen molar-refractivity contribution in [3.8, 4) is 5.75 Å². The first-order chi connectivity index (χ1) is 10.6. The molecular weight excluding hydrogens is 290 g/mol. The van der Waals surface area contributed by atoms with E-state index < -0.39 is 23.5 Å². The first kappa shape index (κ1) is 15.9. The third kappa shape index (κ3) is 4.28. The van der Waals surface area contributed by atoms with Gasteiger partial charge in [0.05, 0.1) is 12.5 Å². The van der Waals surface area contributed by atoms with Crippen LogP contribution in [0, 0.1) is 11.6 Å². The van der Waals surface area contributed by atoms with Crippen molar-refractivity contribution >= 4 is 5.97 Å². The lowest BCUT2D eigenvalue weighted by Crippen LogP contribution is -2.13. The molecule has 0 amide bonds.